The minimum atomic E-state index is -0.127. The van der Waals surface area contributed by atoms with Crippen LogP contribution in [0.2, 0.25) is 5.02 Å². The monoisotopic (exact) mass is 268 g/mol. The number of hydrogen-bond acceptors (Lipinski definition) is 3. The van der Waals surface area contributed by atoms with Gasteiger partial charge in [-0.05, 0) is 12.5 Å². The van der Waals surface area contributed by atoms with Crippen molar-refractivity contribution in [1.29, 1.82) is 0 Å². The highest BCUT2D eigenvalue weighted by atomic mass is 35.5. The minimum absolute atomic E-state index is 0.127. The van der Waals surface area contributed by atoms with E-state index in [2.05, 4.69) is 5.32 Å². The quantitative estimate of drug-likeness (QED) is 0.840. The van der Waals surface area contributed by atoms with E-state index in [9.17, 15) is 4.79 Å². The van der Waals surface area contributed by atoms with Crippen LogP contribution in [0.15, 0.2) is 18.2 Å². The summed E-state index contributed by atoms with van der Waals surface area (Å²) in [7, 11) is 0. The van der Waals surface area contributed by atoms with Gasteiger partial charge in [0.15, 0.2) is 0 Å². The molecule has 0 aliphatic heterocycles. The number of nitrogens with one attached hydrogen (secondary N) is 1. The van der Waals surface area contributed by atoms with Gasteiger partial charge < -0.3 is 11.1 Å². The Morgan fingerprint density at radius 3 is 2.94 bits per heavy atom. The number of nitrogen functional groups attached to an aromatic ring is 1. The van der Waals surface area contributed by atoms with E-state index < -0.39 is 0 Å². The Labute approximate surface area is 109 Å². The van der Waals surface area contributed by atoms with E-state index in [0.29, 0.717) is 22.1 Å². The average molecular weight is 269 g/mol. The van der Waals surface area contributed by atoms with E-state index in [-0.39, 0.29) is 5.91 Å². The molecule has 0 atom stereocenters. The highest BCUT2D eigenvalue weighted by Gasteiger charge is 2.17. The molecule has 2 rings (SSSR count). The SMILES string of the molecule is CCCNC(=O)c1sc2c(N)cccc2c1Cl. The van der Waals surface area contributed by atoms with E-state index >= 15 is 0 Å². The summed E-state index contributed by atoms with van der Waals surface area (Å²) < 4.78 is 0.874. The number of carbonyl (C=O) groups is 1. The second-order valence-corrected chi connectivity index (χ2v) is 5.12. The largest absolute Gasteiger partial charge is 0.398 e. The molecule has 0 radical (unpaired) electrons. The van der Waals surface area contributed by atoms with Crippen molar-refractivity contribution >= 4 is 44.6 Å². The van der Waals surface area contributed by atoms with Gasteiger partial charge in [0.05, 0.1) is 9.72 Å². The van der Waals surface area contributed by atoms with E-state index in [1.54, 1.807) is 0 Å². The fourth-order valence-electron chi connectivity index (χ4n) is 1.58. The molecule has 0 unspecified atom stereocenters. The van der Waals surface area contributed by atoms with E-state index in [0.717, 1.165) is 16.5 Å². The molecule has 0 saturated carbocycles. The van der Waals surface area contributed by atoms with Gasteiger partial charge >= 0.3 is 0 Å². The number of amides is 1. The van der Waals surface area contributed by atoms with Crippen LogP contribution in [-0.2, 0) is 0 Å². The number of hydrogen-bond donors (Lipinski definition) is 2. The summed E-state index contributed by atoms with van der Waals surface area (Å²) in [6.45, 7) is 2.66. The first-order valence-electron chi connectivity index (χ1n) is 5.39. The van der Waals surface area contributed by atoms with Gasteiger partial charge in [0, 0.05) is 17.6 Å². The van der Waals surface area contributed by atoms with Crippen LogP contribution < -0.4 is 11.1 Å². The number of thiophene rings is 1. The van der Waals surface area contributed by atoms with Gasteiger partial charge in [-0.1, -0.05) is 30.7 Å². The van der Waals surface area contributed by atoms with Crippen LogP contribution >= 0.6 is 22.9 Å². The molecule has 1 heterocycles. The standard InChI is InChI=1S/C12H13ClN2OS/c1-2-6-15-12(16)11-9(13)7-4-3-5-8(14)10(7)17-11/h3-5H,2,6,14H2,1H3,(H,15,16). The number of rotatable bonds is 3. The molecule has 0 fully saturated rings. The van der Waals surface area contributed by atoms with Crippen molar-refractivity contribution in [3.8, 4) is 0 Å². The highest BCUT2D eigenvalue weighted by molar-refractivity contribution is 7.22. The van der Waals surface area contributed by atoms with Crippen LogP contribution in [0.25, 0.3) is 10.1 Å². The third-order valence-electron chi connectivity index (χ3n) is 2.43. The zero-order chi connectivity index (χ0) is 12.4. The van der Waals surface area contributed by atoms with E-state index in [1.807, 2.05) is 25.1 Å². The number of anilines is 1. The molecule has 1 aromatic carbocycles. The van der Waals surface area contributed by atoms with Crippen molar-refractivity contribution in [2.24, 2.45) is 0 Å². The van der Waals surface area contributed by atoms with Crippen LogP contribution in [0, 0.1) is 0 Å². The van der Waals surface area contributed by atoms with Crippen molar-refractivity contribution in [1.82, 2.24) is 5.32 Å². The van der Waals surface area contributed by atoms with Gasteiger partial charge in [-0.25, -0.2) is 0 Å². The van der Waals surface area contributed by atoms with Gasteiger partial charge in [-0.3, -0.25) is 4.79 Å². The fraction of sp³-hybridized carbons (Fsp3) is 0.250. The van der Waals surface area contributed by atoms with Crippen LogP contribution in [0.4, 0.5) is 5.69 Å². The van der Waals surface area contributed by atoms with Gasteiger partial charge in [0.25, 0.3) is 5.91 Å². The molecule has 17 heavy (non-hydrogen) atoms. The lowest BCUT2D eigenvalue weighted by atomic mass is 10.2. The molecule has 1 amide bonds. The predicted molar refractivity (Wildman–Crippen MR) is 73.9 cm³/mol. The number of nitrogens with two attached hydrogens (primary N) is 1. The van der Waals surface area contributed by atoms with E-state index in [1.165, 1.54) is 11.3 Å². The molecule has 0 saturated heterocycles. The normalized spacial score (nSPS) is 10.7. The maximum Gasteiger partial charge on any atom is 0.262 e. The molecule has 0 bridgehead atoms. The number of fused-ring (bicyclic) bond motifs is 1. The summed E-state index contributed by atoms with van der Waals surface area (Å²) in [6.07, 6.45) is 0.899. The maximum absolute atomic E-state index is 11.9. The fourth-order valence-corrected chi connectivity index (χ4v) is 3.03. The topological polar surface area (TPSA) is 55.1 Å². The smallest absolute Gasteiger partial charge is 0.262 e. The molecule has 3 N–H and O–H groups in total. The van der Waals surface area contributed by atoms with Gasteiger partial charge in [-0.15, -0.1) is 11.3 Å². The van der Waals surface area contributed by atoms with Crippen molar-refractivity contribution in [3.05, 3.63) is 28.1 Å². The number of carbonyl (C=O) groups excluding carboxylic acids is 1. The van der Waals surface area contributed by atoms with Crippen molar-refractivity contribution in [3.63, 3.8) is 0 Å². The Kier molecular flexibility index (Phi) is 3.54. The Balaban J connectivity index is 2.45. The van der Waals surface area contributed by atoms with Crippen molar-refractivity contribution in [2.45, 2.75) is 13.3 Å². The summed E-state index contributed by atoms with van der Waals surface area (Å²) in [5.74, 6) is -0.127. The summed E-state index contributed by atoms with van der Waals surface area (Å²) in [6, 6.07) is 5.52. The van der Waals surface area contributed by atoms with Crippen LogP contribution in [0.3, 0.4) is 0 Å². The van der Waals surface area contributed by atoms with Gasteiger partial charge in [0.2, 0.25) is 0 Å². The highest BCUT2D eigenvalue weighted by Crippen LogP contribution is 2.38. The zero-order valence-electron chi connectivity index (χ0n) is 9.42. The van der Waals surface area contributed by atoms with Gasteiger partial charge in [-0.2, -0.15) is 0 Å². The second-order valence-electron chi connectivity index (χ2n) is 3.72. The summed E-state index contributed by atoms with van der Waals surface area (Å²) in [5, 5.41) is 4.15. The number of halogens is 1. The van der Waals surface area contributed by atoms with Crippen molar-refractivity contribution < 1.29 is 4.79 Å². The summed E-state index contributed by atoms with van der Waals surface area (Å²) >= 11 is 7.54. The lowest BCUT2D eigenvalue weighted by Crippen LogP contribution is -2.23. The molecular formula is C12H13ClN2OS. The van der Waals surface area contributed by atoms with Crippen LogP contribution in [-0.4, -0.2) is 12.5 Å². The number of benzene rings is 1. The second kappa shape index (κ2) is 4.94. The van der Waals surface area contributed by atoms with Crippen LogP contribution in [0.5, 0.6) is 0 Å². The Morgan fingerprint density at radius 1 is 1.53 bits per heavy atom. The van der Waals surface area contributed by atoms with E-state index in [4.69, 9.17) is 17.3 Å². The minimum Gasteiger partial charge on any atom is -0.398 e. The van der Waals surface area contributed by atoms with Gasteiger partial charge in [0.1, 0.15) is 4.88 Å². The van der Waals surface area contributed by atoms with Crippen LogP contribution in [0.1, 0.15) is 23.0 Å². The third-order valence-corrected chi connectivity index (χ3v) is 4.19. The summed E-state index contributed by atoms with van der Waals surface area (Å²) in [5.41, 5.74) is 6.52. The molecule has 5 heteroatoms. The lowest BCUT2D eigenvalue weighted by Gasteiger charge is -2.00. The first-order valence-corrected chi connectivity index (χ1v) is 6.59. The Morgan fingerprint density at radius 2 is 2.29 bits per heavy atom. The molecule has 3 nitrogen and oxygen atoms in total. The molecule has 1 aromatic heterocycles. The predicted octanol–water partition coefficient (Wildman–Crippen LogP) is 3.28. The molecule has 0 aliphatic carbocycles. The molecule has 2 aromatic rings. The molecule has 0 spiro atoms. The Bertz CT molecular complexity index is 565. The maximum atomic E-state index is 11.9. The van der Waals surface area contributed by atoms with Crippen molar-refractivity contribution in [2.75, 3.05) is 12.3 Å². The molecule has 90 valence electrons. The first kappa shape index (κ1) is 12.2. The first-order chi connectivity index (χ1) is 8.15. The molecular weight excluding hydrogens is 256 g/mol. The Hall–Kier alpha value is -1.26. The zero-order valence-corrected chi connectivity index (χ0v) is 11.0. The lowest BCUT2D eigenvalue weighted by molar-refractivity contribution is 0.0958. The third kappa shape index (κ3) is 2.23. The average Bonchev–Trinajstić information content (AvgIpc) is 2.66. The summed E-state index contributed by atoms with van der Waals surface area (Å²) in [4.78, 5) is 12.4. The molecule has 0 aliphatic rings.